The van der Waals surface area contributed by atoms with Gasteiger partial charge in [0.25, 0.3) is 0 Å². The van der Waals surface area contributed by atoms with Crippen LogP contribution in [0.2, 0.25) is 0 Å². The van der Waals surface area contributed by atoms with Crippen LogP contribution in [0.1, 0.15) is 55.5 Å². The summed E-state index contributed by atoms with van der Waals surface area (Å²) in [5, 5.41) is 7.78. The van der Waals surface area contributed by atoms with Gasteiger partial charge < -0.3 is 10.6 Å². The first-order valence-electron chi connectivity index (χ1n) is 12.2. The summed E-state index contributed by atoms with van der Waals surface area (Å²) in [4.78, 5) is 41.4. The van der Waals surface area contributed by atoms with Gasteiger partial charge in [0.05, 0.1) is 6.42 Å². The Hall–Kier alpha value is -3.52. The maximum atomic E-state index is 13.8. The number of benzene rings is 2. The number of hydrogen-bond acceptors (Lipinski definition) is 4. The number of amides is 3. The van der Waals surface area contributed by atoms with Crippen molar-refractivity contribution in [2.75, 3.05) is 10.2 Å². The summed E-state index contributed by atoms with van der Waals surface area (Å²) in [7, 11) is 0. The van der Waals surface area contributed by atoms with Gasteiger partial charge in [-0.3, -0.25) is 19.3 Å². The Morgan fingerprint density at radius 2 is 1.69 bits per heavy atom. The number of halogens is 1. The SMILES string of the molecule is CC(=O)Nc1ccc(N(C(=O)Cc2cccs2)[C@@H](C(=O)NC2CCCCC2)c2ccc(F)cc2)cc1. The molecule has 0 bridgehead atoms. The van der Waals surface area contributed by atoms with E-state index in [4.69, 9.17) is 0 Å². The first kappa shape index (κ1) is 25.6. The summed E-state index contributed by atoms with van der Waals surface area (Å²) >= 11 is 1.47. The van der Waals surface area contributed by atoms with Gasteiger partial charge in [0.2, 0.25) is 17.7 Å². The Kier molecular flexibility index (Phi) is 8.48. The molecule has 8 heteroatoms. The van der Waals surface area contributed by atoms with Gasteiger partial charge in [-0.2, -0.15) is 0 Å². The molecule has 1 atom stereocenters. The Labute approximate surface area is 214 Å². The zero-order valence-corrected chi connectivity index (χ0v) is 21.0. The fourth-order valence-corrected chi connectivity index (χ4v) is 5.28. The number of nitrogens with one attached hydrogen (secondary N) is 2. The molecule has 188 valence electrons. The highest BCUT2D eigenvalue weighted by Gasteiger charge is 2.34. The van der Waals surface area contributed by atoms with Crippen molar-refractivity contribution in [3.63, 3.8) is 0 Å². The second-order valence-electron chi connectivity index (χ2n) is 9.05. The van der Waals surface area contributed by atoms with E-state index < -0.39 is 11.9 Å². The molecule has 2 aromatic carbocycles. The fourth-order valence-electron chi connectivity index (χ4n) is 4.58. The number of nitrogens with zero attached hydrogens (tertiary/aromatic N) is 1. The molecule has 1 heterocycles. The van der Waals surface area contributed by atoms with Gasteiger partial charge in [0.15, 0.2) is 0 Å². The maximum Gasteiger partial charge on any atom is 0.248 e. The number of carbonyl (C=O) groups excluding carboxylic acids is 3. The molecule has 0 aliphatic heterocycles. The van der Waals surface area contributed by atoms with Crippen molar-refractivity contribution in [3.05, 3.63) is 82.3 Å². The van der Waals surface area contributed by atoms with Crippen LogP contribution in [-0.2, 0) is 20.8 Å². The van der Waals surface area contributed by atoms with Gasteiger partial charge >= 0.3 is 0 Å². The predicted molar refractivity (Wildman–Crippen MR) is 140 cm³/mol. The first-order chi connectivity index (χ1) is 17.4. The third kappa shape index (κ3) is 6.57. The third-order valence-electron chi connectivity index (χ3n) is 6.28. The molecule has 1 aliphatic carbocycles. The zero-order chi connectivity index (χ0) is 25.5. The number of anilines is 2. The monoisotopic (exact) mass is 507 g/mol. The highest BCUT2D eigenvalue weighted by atomic mass is 32.1. The Morgan fingerprint density at radius 1 is 1.00 bits per heavy atom. The van der Waals surface area contributed by atoms with Crippen molar-refractivity contribution in [3.8, 4) is 0 Å². The maximum absolute atomic E-state index is 13.8. The molecule has 3 amide bonds. The molecule has 0 unspecified atom stereocenters. The van der Waals surface area contributed by atoms with Crippen LogP contribution in [-0.4, -0.2) is 23.8 Å². The van der Waals surface area contributed by atoms with Crippen molar-refractivity contribution in [2.24, 2.45) is 0 Å². The predicted octanol–water partition coefficient (Wildman–Crippen LogP) is 5.61. The van der Waals surface area contributed by atoms with Crippen LogP contribution in [0.4, 0.5) is 15.8 Å². The normalized spacial score (nSPS) is 14.6. The largest absolute Gasteiger partial charge is 0.351 e. The number of rotatable bonds is 8. The van der Waals surface area contributed by atoms with Crippen LogP contribution in [0.15, 0.2) is 66.0 Å². The van der Waals surface area contributed by atoms with E-state index in [0.717, 1.165) is 37.0 Å². The molecule has 0 spiro atoms. The zero-order valence-electron chi connectivity index (χ0n) is 20.2. The molecule has 1 aromatic heterocycles. The first-order valence-corrected chi connectivity index (χ1v) is 13.1. The molecule has 0 saturated heterocycles. The standard InChI is InChI=1S/C28H30FN3O3S/c1-19(33)30-23-13-15-24(16-14-23)32(26(34)18-25-8-5-17-36-25)27(20-9-11-21(29)12-10-20)28(35)31-22-6-3-2-4-7-22/h5,8-17,22,27H,2-4,6-7,18H2,1H3,(H,30,33)(H,31,35)/t27-/m1/s1. The lowest BCUT2D eigenvalue weighted by Gasteiger charge is -2.33. The number of carbonyl (C=O) groups is 3. The van der Waals surface area contributed by atoms with Crippen molar-refractivity contribution >= 4 is 40.4 Å². The summed E-state index contributed by atoms with van der Waals surface area (Å²) in [5.74, 6) is -1.16. The summed E-state index contributed by atoms with van der Waals surface area (Å²) in [6.45, 7) is 1.42. The van der Waals surface area contributed by atoms with Gasteiger partial charge in [0, 0.05) is 29.2 Å². The third-order valence-corrected chi connectivity index (χ3v) is 7.16. The lowest BCUT2D eigenvalue weighted by atomic mass is 9.94. The quantitative estimate of drug-likeness (QED) is 0.416. The molecule has 4 rings (SSSR count). The Bertz CT molecular complexity index is 1170. The molecule has 36 heavy (non-hydrogen) atoms. The molecule has 3 aromatic rings. The molecular formula is C28H30FN3O3S. The van der Waals surface area contributed by atoms with E-state index in [9.17, 15) is 18.8 Å². The molecule has 1 aliphatic rings. The lowest BCUT2D eigenvalue weighted by Crippen LogP contribution is -2.47. The summed E-state index contributed by atoms with van der Waals surface area (Å²) in [5.41, 5.74) is 1.62. The number of hydrogen-bond donors (Lipinski definition) is 2. The van der Waals surface area contributed by atoms with Gasteiger partial charge in [-0.1, -0.05) is 37.5 Å². The van der Waals surface area contributed by atoms with Crippen molar-refractivity contribution in [1.82, 2.24) is 5.32 Å². The molecule has 1 fully saturated rings. The van der Waals surface area contributed by atoms with Crippen LogP contribution in [0, 0.1) is 5.82 Å². The van der Waals surface area contributed by atoms with Crippen LogP contribution in [0.5, 0.6) is 0 Å². The molecule has 0 radical (unpaired) electrons. The topological polar surface area (TPSA) is 78.5 Å². The van der Waals surface area contributed by atoms with E-state index in [2.05, 4.69) is 10.6 Å². The summed E-state index contributed by atoms with van der Waals surface area (Å²) in [6, 6.07) is 15.4. The van der Waals surface area contributed by atoms with E-state index in [0.29, 0.717) is 16.9 Å². The minimum absolute atomic E-state index is 0.0468. The second-order valence-corrected chi connectivity index (χ2v) is 10.1. The Morgan fingerprint density at radius 3 is 2.31 bits per heavy atom. The van der Waals surface area contributed by atoms with E-state index in [1.165, 1.54) is 35.3 Å². The van der Waals surface area contributed by atoms with Gasteiger partial charge in [-0.15, -0.1) is 11.3 Å². The summed E-state index contributed by atoms with van der Waals surface area (Å²) < 4.78 is 13.8. The van der Waals surface area contributed by atoms with E-state index in [1.54, 1.807) is 36.4 Å². The van der Waals surface area contributed by atoms with E-state index >= 15 is 0 Å². The van der Waals surface area contributed by atoms with Gasteiger partial charge in [0.1, 0.15) is 11.9 Å². The highest BCUT2D eigenvalue weighted by Crippen LogP contribution is 2.31. The highest BCUT2D eigenvalue weighted by molar-refractivity contribution is 7.10. The lowest BCUT2D eigenvalue weighted by molar-refractivity contribution is -0.127. The van der Waals surface area contributed by atoms with E-state index in [-0.39, 0.29) is 30.2 Å². The van der Waals surface area contributed by atoms with Crippen molar-refractivity contribution < 1.29 is 18.8 Å². The minimum Gasteiger partial charge on any atom is -0.351 e. The smallest absolute Gasteiger partial charge is 0.248 e. The van der Waals surface area contributed by atoms with Crippen LogP contribution < -0.4 is 15.5 Å². The van der Waals surface area contributed by atoms with E-state index in [1.807, 2.05) is 17.5 Å². The molecule has 1 saturated carbocycles. The van der Waals surface area contributed by atoms with Crippen molar-refractivity contribution in [1.29, 1.82) is 0 Å². The number of thiophene rings is 1. The van der Waals surface area contributed by atoms with Crippen LogP contribution in [0.25, 0.3) is 0 Å². The summed E-state index contributed by atoms with van der Waals surface area (Å²) in [6.07, 6.45) is 5.18. The minimum atomic E-state index is -0.980. The molecular weight excluding hydrogens is 477 g/mol. The van der Waals surface area contributed by atoms with Crippen LogP contribution >= 0.6 is 11.3 Å². The average molecular weight is 508 g/mol. The Balaban J connectivity index is 1.73. The fraction of sp³-hybridized carbons (Fsp3) is 0.321. The van der Waals surface area contributed by atoms with Crippen molar-refractivity contribution in [2.45, 2.75) is 57.5 Å². The second kappa shape index (κ2) is 11.9. The molecule has 2 N–H and O–H groups in total. The van der Waals surface area contributed by atoms with Gasteiger partial charge in [-0.05, 0) is 66.2 Å². The van der Waals surface area contributed by atoms with Crippen LogP contribution in [0.3, 0.4) is 0 Å². The average Bonchev–Trinajstić information content (AvgIpc) is 3.37. The molecule has 6 nitrogen and oxygen atoms in total. The van der Waals surface area contributed by atoms with Gasteiger partial charge in [-0.25, -0.2) is 4.39 Å².